The molecule has 0 unspecified atom stereocenters. The summed E-state index contributed by atoms with van der Waals surface area (Å²) in [5.74, 6) is -2.41. The molecule has 1 atom stereocenters. The quantitative estimate of drug-likeness (QED) is 0.264. The summed E-state index contributed by atoms with van der Waals surface area (Å²) in [5, 5.41) is 0. The monoisotopic (exact) mass is 452 g/mol. The van der Waals surface area contributed by atoms with Crippen molar-refractivity contribution in [2.45, 2.75) is 32.1 Å². The third kappa shape index (κ3) is 3.82. The third-order valence-corrected chi connectivity index (χ3v) is 5.58. The van der Waals surface area contributed by atoms with Crippen LogP contribution >= 0.6 is 0 Å². The van der Waals surface area contributed by atoms with Crippen LogP contribution in [0.1, 0.15) is 32.3 Å². The van der Waals surface area contributed by atoms with E-state index >= 15 is 0 Å². The van der Waals surface area contributed by atoms with Gasteiger partial charge in [-0.1, -0.05) is 50.3 Å². The molecule has 0 radical (unpaired) electrons. The first-order chi connectivity index (χ1) is 15.9. The zero-order valence-corrected chi connectivity index (χ0v) is 18.9. The van der Waals surface area contributed by atoms with E-state index in [2.05, 4.69) is 13.2 Å². The molecule has 0 bridgehead atoms. The predicted octanol–water partition coefficient (Wildman–Crippen LogP) is 3.00. The van der Waals surface area contributed by atoms with Crippen LogP contribution in [0.2, 0.25) is 0 Å². The van der Waals surface area contributed by atoms with E-state index in [1.54, 1.807) is 35.2 Å². The van der Waals surface area contributed by atoms with Crippen LogP contribution in [0.4, 0.5) is 5.69 Å². The van der Waals surface area contributed by atoms with Crippen molar-refractivity contribution in [1.29, 1.82) is 0 Å². The molecule has 0 saturated heterocycles. The lowest BCUT2D eigenvalue weighted by Gasteiger charge is -2.41. The maximum atomic E-state index is 13.5. The minimum absolute atomic E-state index is 0.0178. The Morgan fingerprint density at radius 2 is 1.85 bits per heavy atom. The number of benzene rings is 1. The molecule has 2 N–H and O–H groups in total. The number of fused-ring (bicyclic) bond motifs is 2. The number of para-hydroxylation sites is 1. The molecule has 33 heavy (non-hydrogen) atoms. The number of allylic oxidation sites excluding steroid dienone is 1. The summed E-state index contributed by atoms with van der Waals surface area (Å²) in [7, 11) is 0. The number of carbonyl (C=O) groups excluding carboxylic acids is 3. The van der Waals surface area contributed by atoms with Crippen LogP contribution in [0.3, 0.4) is 0 Å². The Morgan fingerprint density at radius 3 is 2.52 bits per heavy atom. The number of rotatable bonds is 9. The zero-order chi connectivity index (χ0) is 24.2. The first-order valence-corrected chi connectivity index (χ1v) is 10.7. The second kappa shape index (κ2) is 9.77. The van der Waals surface area contributed by atoms with Gasteiger partial charge in [0.2, 0.25) is 0 Å². The molecule has 2 heterocycles. The summed E-state index contributed by atoms with van der Waals surface area (Å²) in [4.78, 5) is 41.8. The topological polar surface area (TPSA) is 108 Å². The first-order valence-electron chi connectivity index (χ1n) is 10.7. The highest BCUT2D eigenvalue weighted by molar-refractivity contribution is 6.16. The number of cyclic esters (lactones) is 1. The van der Waals surface area contributed by atoms with Crippen LogP contribution in [0.15, 0.2) is 72.3 Å². The minimum atomic E-state index is -1.93. The average Bonchev–Trinajstić information content (AvgIpc) is 3.05. The number of ether oxygens (including phenoxy) is 3. The van der Waals surface area contributed by atoms with Crippen LogP contribution in [0, 0.1) is 0 Å². The maximum Gasteiger partial charge on any atom is 0.339 e. The summed E-state index contributed by atoms with van der Waals surface area (Å²) in [6.45, 7) is 11.1. The lowest BCUT2D eigenvalue weighted by molar-refractivity contribution is -0.147. The Kier molecular flexibility index (Phi) is 7.06. The lowest BCUT2D eigenvalue weighted by atomic mass is 9.66. The zero-order valence-electron chi connectivity index (χ0n) is 18.9. The molecule has 1 aromatic rings. The van der Waals surface area contributed by atoms with Crippen molar-refractivity contribution in [2.75, 3.05) is 24.7 Å². The molecule has 0 aliphatic carbocycles. The summed E-state index contributed by atoms with van der Waals surface area (Å²) >= 11 is 0. The third-order valence-electron chi connectivity index (χ3n) is 5.58. The van der Waals surface area contributed by atoms with Crippen LogP contribution in [0.5, 0.6) is 0 Å². The molecule has 2 aliphatic rings. The highest BCUT2D eigenvalue weighted by atomic mass is 16.6. The van der Waals surface area contributed by atoms with Crippen LogP contribution in [-0.2, 0) is 34.0 Å². The van der Waals surface area contributed by atoms with Gasteiger partial charge in [0.25, 0.3) is 0 Å². The SMILES string of the molecule is C=CCOC(=O)C1=C(C)OC(=O)[C@]12C(C(=O)OCCCC)=C(N)N(CC=C)c1ccccc12. The predicted molar refractivity (Wildman–Crippen MR) is 123 cm³/mol. The molecule has 8 nitrogen and oxygen atoms in total. The van der Waals surface area contributed by atoms with Gasteiger partial charge in [-0.25, -0.2) is 14.4 Å². The molecule has 0 amide bonds. The van der Waals surface area contributed by atoms with E-state index < -0.39 is 23.3 Å². The van der Waals surface area contributed by atoms with Gasteiger partial charge in [-0.05, 0) is 19.4 Å². The van der Waals surface area contributed by atoms with Crippen molar-refractivity contribution < 1.29 is 28.6 Å². The molecule has 1 spiro atoms. The number of carbonyl (C=O) groups is 3. The number of hydrogen-bond acceptors (Lipinski definition) is 8. The van der Waals surface area contributed by atoms with Gasteiger partial charge in [-0.15, -0.1) is 6.58 Å². The van der Waals surface area contributed by atoms with E-state index in [1.165, 1.54) is 13.0 Å². The molecular formula is C25H28N2O6. The Bertz CT molecular complexity index is 1070. The van der Waals surface area contributed by atoms with Gasteiger partial charge < -0.3 is 24.8 Å². The number of nitrogens with zero attached hydrogens (tertiary/aromatic N) is 1. The van der Waals surface area contributed by atoms with Crippen molar-refractivity contribution in [3.05, 3.63) is 77.9 Å². The molecule has 3 rings (SSSR count). The van der Waals surface area contributed by atoms with Crippen molar-refractivity contribution in [3.8, 4) is 0 Å². The van der Waals surface area contributed by atoms with E-state index in [9.17, 15) is 14.4 Å². The minimum Gasteiger partial charge on any atom is -0.462 e. The Morgan fingerprint density at radius 1 is 1.15 bits per heavy atom. The smallest absolute Gasteiger partial charge is 0.339 e. The highest BCUT2D eigenvalue weighted by Crippen LogP contribution is 2.54. The molecule has 1 aromatic carbocycles. The van der Waals surface area contributed by atoms with Crippen molar-refractivity contribution in [1.82, 2.24) is 0 Å². The normalized spacial score (nSPS) is 19.3. The van der Waals surface area contributed by atoms with E-state index in [-0.39, 0.29) is 42.5 Å². The van der Waals surface area contributed by atoms with Gasteiger partial charge in [-0.2, -0.15) is 0 Å². The average molecular weight is 453 g/mol. The molecule has 174 valence electrons. The number of esters is 3. The Hall–Kier alpha value is -3.81. The van der Waals surface area contributed by atoms with E-state index in [4.69, 9.17) is 19.9 Å². The number of hydrogen-bond donors (Lipinski definition) is 1. The maximum absolute atomic E-state index is 13.5. The van der Waals surface area contributed by atoms with Crippen molar-refractivity contribution in [2.24, 2.45) is 5.73 Å². The summed E-state index contributed by atoms with van der Waals surface area (Å²) in [6.07, 6.45) is 4.46. The molecular weight excluding hydrogens is 424 g/mol. The number of nitrogens with two attached hydrogens (primary N) is 1. The van der Waals surface area contributed by atoms with Gasteiger partial charge in [0, 0.05) is 17.8 Å². The highest BCUT2D eigenvalue weighted by Gasteiger charge is 2.63. The van der Waals surface area contributed by atoms with Crippen LogP contribution < -0.4 is 10.6 Å². The van der Waals surface area contributed by atoms with E-state index in [0.717, 1.165) is 6.42 Å². The van der Waals surface area contributed by atoms with Gasteiger partial charge in [0.05, 0.1) is 6.61 Å². The molecule has 8 heteroatoms. The van der Waals surface area contributed by atoms with Gasteiger partial charge in [-0.3, -0.25) is 0 Å². The van der Waals surface area contributed by atoms with Gasteiger partial charge in [0.1, 0.15) is 29.3 Å². The second-order valence-corrected chi connectivity index (χ2v) is 7.62. The van der Waals surface area contributed by atoms with Crippen molar-refractivity contribution in [3.63, 3.8) is 0 Å². The fourth-order valence-electron chi connectivity index (χ4n) is 4.19. The van der Waals surface area contributed by atoms with E-state index in [0.29, 0.717) is 17.7 Å². The first kappa shape index (κ1) is 23.8. The van der Waals surface area contributed by atoms with Gasteiger partial charge in [0.15, 0.2) is 5.41 Å². The summed E-state index contributed by atoms with van der Waals surface area (Å²) in [6, 6.07) is 6.90. The summed E-state index contributed by atoms with van der Waals surface area (Å²) in [5.41, 5.74) is 5.22. The van der Waals surface area contributed by atoms with Crippen LogP contribution in [-0.4, -0.2) is 37.7 Å². The van der Waals surface area contributed by atoms with E-state index in [1.807, 2.05) is 6.92 Å². The Balaban J connectivity index is 2.34. The molecule has 0 fully saturated rings. The lowest BCUT2D eigenvalue weighted by Crippen LogP contribution is -2.50. The van der Waals surface area contributed by atoms with Crippen molar-refractivity contribution >= 4 is 23.6 Å². The standard InChI is InChI=1S/C25H28N2O6/c1-5-8-15-32-23(29)20-21(26)27(13-6-2)18-12-10-9-11-17(18)25(20)19(16(4)33-24(25)30)22(28)31-14-7-3/h6-7,9-12H,2-3,5,8,13-15,26H2,1,4H3/t25-/m0/s1. The molecule has 0 aromatic heterocycles. The van der Waals surface area contributed by atoms with Gasteiger partial charge >= 0.3 is 17.9 Å². The van der Waals surface area contributed by atoms with Crippen LogP contribution in [0.25, 0.3) is 0 Å². The number of anilines is 1. The fourth-order valence-corrected chi connectivity index (χ4v) is 4.19. The summed E-state index contributed by atoms with van der Waals surface area (Å²) < 4.78 is 16.2. The second-order valence-electron chi connectivity index (χ2n) is 7.62. The largest absolute Gasteiger partial charge is 0.462 e. The Labute approximate surface area is 193 Å². The molecule has 2 aliphatic heterocycles. The molecule has 0 saturated carbocycles. The number of unbranched alkanes of at least 4 members (excludes halogenated alkanes) is 1. The fraction of sp³-hybridized carbons (Fsp3) is 0.320.